The number of nitrogens with one attached hydrogen (secondary N) is 2. The van der Waals surface area contributed by atoms with Gasteiger partial charge in [-0.2, -0.15) is 5.10 Å². The largest absolute Gasteiger partial charge is 0.492 e. The van der Waals surface area contributed by atoms with Crippen molar-refractivity contribution in [1.29, 1.82) is 0 Å². The highest BCUT2D eigenvalue weighted by Crippen LogP contribution is 2.33. The van der Waals surface area contributed by atoms with E-state index in [4.69, 9.17) is 9.47 Å². The van der Waals surface area contributed by atoms with Gasteiger partial charge in [0.25, 0.3) is 5.91 Å². The highest BCUT2D eigenvalue weighted by molar-refractivity contribution is 14.1. The average Bonchev–Trinajstić information content (AvgIpc) is 3.34. The third-order valence-electron chi connectivity index (χ3n) is 5.17. The van der Waals surface area contributed by atoms with Gasteiger partial charge >= 0.3 is 0 Å². The minimum Gasteiger partial charge on any atom is -0.492 e. The van der Waals surface area contributed by atoms with Crippen molar-refractivity contribution in [3.8, 4) is 22.8 Å². The van der Waals surface area contributed by atoms with E-state index in [1.165, 1.54) is 16.9 Å². The van der Waals surface area contributed by atoms with Crippen molar-refractivity contribution in [1.82, 2.24) is 10.4 Å². The maximum atomic E-state index is 12.6. The number of thiazole rings is 1. The van der Waals surface area contributed by atoms with Gasteiger partial charge in [0.05, 0.1) is 29.2 Å². The van der Waals surface area contributed by atoms with E-state index < -0.39 is 0 Å². The van der Waals surface area contributed by atoms with Crippen molar-refractivity contribution < 1.29 is 14.3 Å². The molecule has 0 unspecified atom stereocenters. The minimum atomic E-state index is -0.300. The van der Waals surface area contributed by atoms with E-state index in [1.807, 2.05) is 48.7 Å². The van der Waals surface area contributed by atoms with Crippen LogP contribution in [-0.2, 0) is 0 Å². The molecule has 7 nitrogen and oxygen atoms in total. The SMILES string of the molecule is CCOc1cc(/C=N\NC(=O)c2ccc(-c3csc(Nc4ccc(C)cc4)n3)cc2)cc(I)c1OC. The normalized spacial score (nSPS) is 10.9. The number of rotatable bonds is 9. The van der Waals surface area contributed by atoms with E-state index in [0.717, 1.165) is 31.2 Å². The molecule has 1 amide bonds. The molecule has 4 aromatic rings. The van der Waals surface area contributed by atoms with Crippen LogP contribution >= 0.6 is 33.9 Å². The molecule has 0 aliphatic rings. The van der Waals surface area contributed by atoms with Crippen LogP contribution in [0.5, 0.6) is 11.5 Å². The Balaban J connectivity index is 1.38. The number of carbonyl (C=O) groups is 1. The smallest absolute Gasteiger partial charge is 0.271 e. The van der Waals surface area contributed by atoms with Crippen molar-refractivity contribution in [2.24, 2.45) is 5.10 Å². The predicted molar refractivity (Wildman–Crippen MR) is 154 cm³/mol. The van der Waals surface area contributed by atoms with Crippen molar-refractivity contribution in [2.45, 2.75) is 13.8 Å². The van der Waals surface area contributed by atoms with Gasteiger partial charge in [-0.05, 0) is 78.4 Å². The Morgan fingerprint density at radius 2 is 1.89 bits per heavy atom. The zero-order chi connectivity index (χ0) is 25.5. The van der Waals surface area contributed by atoms with E-state index >= 15 is 0 Å². The fourth-order valence-corrected chi connectivity index (χ4v) is 4.96. The molecule has 0 aliphatic heterocycles. The van der Waals surface area contributed by atoms with Crippen molar-refractivity contribution >= 4 is 56.9 Å². The van der Waals surface area contributed by atoms with Crippen LogP contribution in [0.3, 0.4) is 0 Å². The van der Waals surface area contributed by atoms with Crippen molar-refractivity contribution in [3.63, 3.8) is 0 Å². The third-order valence-corrected chi connectivity index (χ3v) is 6.72. The van der Waals surface area contributed by atoms with E-state index in [1.54, 1.807) is 25.5 Å². The first-order valence-electron chi connectivity index (χ1n) is 11.2. The summed E-state index contributed by atoms with van der Waals surface area (Å²) in [4.78, 5) is 17.2. The molecular weight excluding hydrogens is 587 g/mol. The second-order valence-electron chi connectivity index (χ2n) is 7.77. The summed E-state index contributed by atoms with van der Waals surface area (Å²) >= 11 is 3.71. The quantitative estimate of drug-likeness (QED) is 0.126. The van der Waals surface area contributed by atoms with Gasteiger partial charge in [0, 0.05) is 22.2 Å². The number of hydrogen-bond acceptors (Lipinski definition) is 7. The van der Waals surface area contributed by atoms with Crippen LogP contribution < -0.4 is 20.2 Å². The summed E-state index contributed by atoms with van der Waals surface area (Å²) in [7, 11) is 1.61. The van der Waals surface area contributed by atoms with Crippen LogP contribution in [0.1, 0.15) is 28.4 Å². The van der Waals surface area contributed by atoms with Crippen LogP contribution in [-0.4, -0.2) is 30.8 Å². The first kappa shape index (κ1) is 25.6. The number of aryl methyl sites for hydroxylation is 1. The Morgan fingerprint density at radius 3 is 2.58 bits per heavy atom. The molecule has 0 saturated carbocycles. The Hall–Kier alpha value is -3.44. The summed E-state index contributed by atoms with van der Waals surface area (Å²) in [6.07, 6.45) is 1.58. The summed E-state index contributed by atoms with van der Waals surface area (Å²) in [5.41, 5.74) is 7.85. The first-order chi connectivity index (χ1) is 17.5. The molecular formula is C27H25IN4O3S. The summed E-state index contributed by atoms with van der Waals surface area (Å²) < 4.78 is 11.9. The van der Waals surface area contributed by atoms with Gasteiger partial charge in [-0.1, -0.05) is 29.8 Å². The number of nitrogens with zero attached hydrogens (tertiary/aromatic N) is 2. The van der Waals surface area contributed by atoms with Gasteiger partial charge < -0.3 is 14.8 Å². The topological polar surface area (TPSA) is 84.8 Å². The maximum Gasteiger partial charge on any atom is 0.271 e. The van der Waals surface area contributed by atoms with E-state index in [2.05, 4.69) is 62.5 Å². The third kappa shape index (κ3) is 6.41. The Bertz CT molecular complexity index is 1370. The molecule has 36 heavy (non-hydrogen) atoms. The number of hydrazone groups is 1. The zero-order valence-electron chi connectivity index (χ0n) is 20.0. The van der Waals surface area contributed by atoms with E-state index in [9.17, 15) is 4.79 Å². The number of methoxy groups -OCH3 is 1. The minimum absolute atomic E-state index is 0.300. The van der Waals surface area contributed by atoms with Gasteiger partial charge in [-0.15, -0.1) is 11.3 Å². The molecule has 0 fully saturated rings. The fourth-order valence-electron chi connectivity index (χ4n) is 3.37. The Kier molecular flexibility index (Phi) is 8.55. The van der Waals surface area contributed by atoms with Crippen molar-refractivity contribution in [3.05, 3.63) is 86.3 Å². The zero-order valence-corrected chi connectivity index (χ0v) is 23.0. The monoisotopic (exact) mass is 612 g/mol. The number of halogens is 1. The second-order valence-corrected chi connectivity index (χ2v) is 9.79. The number of benzene rings is 3. The fraction of sp³-hybridized carbons (Fsp3) is 0.148. The second kappa shape index (κ2) is 12.0. The van der Waals surface area contributed by atoms with Crippen molar-refractivity contribution in [2.75, 3.05) is 19.0 Å². The van der Waals surface area contributed by atoms with Crippen LogP contribution in [0, 0.1) is 10.5 Å². The molecule has 184 valence electrons. The lowest BCUT2D eigenvalue weighted by Crippen LogP contribution is -2.17. The molecule has 0 saturated heterocycles. The molecule has 0 radical (unpaired) electrons. The molecule has 1 aromatic heterocycles. The lowest BCUT2D eigenvalue weighted by Gasteiger charge is -2.11. The number of amides is 1. The van der Waals surface area contributed by atoms with Gasteiger partial charge in [-0.25, -0.2) is 10.4 Å². The molecule has 0 spiro atoms. The first-order valence-corrected chi connectivity index (χ1v) is 13.2. The molecule has 2 N–H and O–H groups in total. The van der Waals surface area contributed by atoms with E-state index in [0.29, 0.717) is 23.7 Å². The summed E-state index contributed by atoms with van der Waals surface area (Å²) in [5, 5.41) is 10.2. The standard InChI is InChI=1S/C27H25IN4O3S/c1-4-35-24-14-18(13-22(28)25(24)34-3)15-29-32-26(33)20-9-7-19(8-10-20)23-16-36-27(31-23)30-21-11-5-17(2)6-12-21/h5-16H,4H2,1-3H3,(H,30,31)(H,32,33)/b29-15-. The lowest BCUT2D eigenvalue weighted by atomic mass is 10.1. The molecule has 3 aromatic carbocycles. The van der Waals surface area contributed by atoms with Crippen LogP contribution in [0.15, 0.2) is 71.1 Å². The number of carbonyl (C=O) groups excluding carboxylic acids is 1. The molecule has 4 rings (SSSR count). The summed E-state index contributed by atoms with van der Waals surface area (Å²) in [5.74, 6) is 1.01. The Morgan fingerprint density at radius 1 is 1.14 bits per heavy atom. The lowest BCUT2D eigenvalue weighted by molar-refractivity contribution is 0.0955. The highest BCUT2D eigenvalue weighted by atomic mass is 127. The van der Waals surface area contributed by atoms with E-state index in [-0.39, 0.29) is 5.91 Å². The Labute approximate surface area is 227 Å². The predicted octanol–water partition coefficient (Wildman–Crippen LogP) is 6.64. The molecule has 9 heteroatoms. The average molecular weight is 612 g/mol. The summed E-state index contributed by atoms with van der Waals surface area (Å²) in [6, 6.07) is 19.2. The highest BCUT2D eigenvalue weighted by Gasteiger charge is 2.11. The van der Waals surface area contributed by atoms with Gasteiger partial charge in [0.1, 0.15) is 0 Å². The summed E-state index contributed by atoms with van der Waals surface area (Å²) in [6.45, 7) is 4.49. The number of hydrogen-bond donors (Lipinski definition) is 2. The number of ether oxygens (including phenoxy) is 2. The molecule has 0 atom stereocenters. The van der Waals surface area contributed by atoms with Crippen LogP contribution in [0.25, 0.3) is 11.3 Å². The maximum absolute atomic E-state index is 12.6. The molecule has 0 bridgehead atoms. The van der Waals surface area contributed by atoms with Gasteiger partial charge in [0.2, 0.25) is 0 Å². The van der Waals surface area contributed by atoms with Gasteiger partial charge in [0.15, 0.2) is 16.6 Å². The molecule has 1 heterocycles. The number of anilines is 2. The van der Waals surface area contributed by atoms with Crippen LogP contribution in [0.2, 0.25) is 0 Å². The van der Waals surface area contributed by atoms with Crippen LogP contribution in [0.4, 0.5) is 10.8 Å². The molecule has 0 aliphatic carbocycles. The number of aromatic nitrogens is 1. The van der Waals surface area contributed by atoms with Gasteiger partial charge in [-0.3, -0.25) is 4.79 Å².